The largest absolute Gasteiger partial charge is 0.396 e. The lowest BCUT2D eigenvalue weighted by molar-refractivity contribution is -0.155. The smallest absolute Gasteiger partial charge is 0.229 e. The molecule has 1 heterocycles. The predicted octanol–water partition coefficient (Wildman–Crippen LogP) is 2.10. The summed E-state index contributed by atoms with van der Waals surface area (Å²) in [5, 5.41) is 8.91. The van der Waals surface area contributed by atoms with Crippen LogP contribution >= 0.6 is 0 Å². The van der Waals surface area contributed by atoms with E-state index < -0.39 is 0 Å². The average molecular weight is 267 g/mol. The van der Waals surface area contributed by atoms with Gasteiger partial charge in [-0.2, -0.15) is 0 Å². The van der Waals surface area contributed by atoms with E-state index in [1.807, 2.05) is 6.92 Å². The first-order chi connectivity index (χ1) is 9.06. The van der Waals surface area contributed by atoms with Gasteiger partial charge in [-0.15, -0.1) is 0 Å². The molecular formula is C15H25NO3. The van der Waals surface area contributed by atoms with Crippen molar-refractivity contribution in [3.8, 4) is 0 Å². The number of hydrogen-bond acceptors (Lipinski definition) is 3. The summed E-state index contributed by atoms with van der Waals surface area (Å²) >= 11 is 0. The minimum Gasteiger partial charge on any atom is -0.396 e. The van der Waals surface area contributed by atoms with Crippen LogP contribution in [0.5, 0.6) is 0 Å². The highest BCUT2D eigenvalue weighted by atomic mass is 16.3. The molecule has 0 aromatic carbocycles. The van der Waals surface area contributed by atoms with Crippen molar-refractivity contribution in [2.75, 3.05) is 13.2 Å². The Bertz CT molecular complexity index is 327. The summed E-state index contributed by atoms with van der Waals surface area (Å²) in [6, 6.07) is 0. The molecule has 1 atom stereocenters. The molecule has 19 heavy (non-hydrogen) atoms. The third kappa shape index (κ3) is 3.35. The standard InChI is InChI=1S/C15H25NO3/c1-12(5-8-17)11-16-13(18)9-15(10-14(16)19)6-3-2-4-7-15/h12,17H,2-11H2,1H3. The number of nitrogens with zero attached hydrogens (tertiary/aromatic N) is 1. The van der Waals surface area contributed by atoms with Crippen LogP contribution < -0.4 is 0 Å². The second-order valence-electron chi connectivity index (χ2n) is 6.43. The number of aliphatic hydroxyl groups excluding tert-OH is 1. The molecule has 1 saturated heterocycles. The molecule has 2 rings (SSSR count). The maximum atomic E-state index is 12.3. The van der Waals surface area contributed by atoms with Crippen molar-refractivity contribution in [3.05, 3.63) is 0 Å². The first-order valence-corrected chi connectivity index (χ1v) is 7.50. The van der Waals surface area contributed by atoms with Gasteiger partial charge in [0.25, 0.3) is 0 Å². The Labute approximate surface area is 115 Å². The van der Waals surface area contributed by atoms with E-state index in [1.165, 1.54) is 11.3 Å². The van der Waals surface area contributed by atoms with Gasteiger partial charge >= 0.3 is 0 Å². The summed E-state index contributed by atoms with van der Waals surface area (Å²) in [5.41, 5.74) is -0.0247. The zero-order chi connectivity index (χ0) is 13.9. The molecule has 2 fully saturated rings. The van der Waals surface area contributed by atoms with Crippen molar-refractivity contribution in [3.63, 3.8) is 0 Å². The molecule has 4 heteroatoms. The van der Waals surface area contributed by atoms with Gasteiger partial charge in [0, 0.05) is 26.0 Å². The van der Waals surface area contributed by atoms with Crippen LogP contribution in [0.3, 0.4) is 0 Å². The summed E-state index contributed by atoms with van der Waals surface area (Å²) in [5.74, 6) is 0.184. The van der Waals surface area contributed by atoms with Crippen molar-refractivity contribution < 1.29 is 14.7 Å². The van der Waals surface area contributed by atoms with Gasteiger partial charge in [0.05, 0.1) is 0 Å². The second kappa shape index (κ2) is 6.04. The van der Waals surface area contributed by atoms with E-state index in [0.29, 0.717) is 25.8 Å². The fourth-order valence-electron chi connectivity index (χ4n) is 3.52. The highest BCUT2D eigenvalue weighted by Crippen LogP contribution is 2.45. The van der Waals surface area contributed by atoms with Crippen molar-refractivity contribution >= 4 is 11.8 Å². The number of likely N-dealkylation sites (tertiary alicyclic amines) is 1. The number of carbonyl (C=O) groups is 2. The number of imide groups is 1. The zero-order valence-electron chi connectivity index (χ0n) is 11.9. The van der Waals surface area contributed by atoms with E-state index in [2.05, 4.69) is 0 Å². The minimum absolute atomic E-state index is 0.00272. The van der Waals surface area contributed by atoms with Gasteiger partial charge in [-0.1, -0.05) is 26.2 Å². The maximum Gasteiger partial charge on any atom is 0.229 e. The van der Waals surface area contributed by atoms with Crippen LogP contribution in [-0.4, -0.2) is 35.0 Å². The molecule has 1 unspecified atom stereocenters. The van der Waals surface area contributed by atoms with E-state index in [9.17, 15) is 9.59 Å². The van der Waals surface area contributed by atoms with Gasteiger partial charge in [0.15, 0.2) is 0 Å². The summed E-state index contributed by atoms with van der Waals surface area (Å²) in [6.45, 7) is 2.55. The topological polar surface area (TPSA) is 57.6 Å². The third-order valence-corrected chi connectivity index (χ3v) is 4.68. The molecule has 0 aromatic heterocycles. The van der Waals surface area contributed by atoms with Crippen LogP contribution in [0.15, 0.2) is 0 Å². The maximum absolute atomic E-state index is 12.3. The molecule has 0 bridgehead atoms. The fraction of sp³-hybridized carbons (Fsp3) is 0.867. The van der Waals surface area contributed by atoms with Crippen LogP contribution in [0.25, 0.3) is 0 Å². The van der Waals surface area contributed by atoms with Gasteiger partial charge in [-0.25, -0.2) is 0 Å². The van der Waals surface area contributed by atoms with E-state index in [-0.39, 0.29) is 29.8 Å². The zero-order valence-corrected chi connectivity index (χ0v) is 11.9. The second-order valence-corrected chi connectivity index (χ2v) is 6.43. The summed E-state index contributed by atoms with van der Waals surface area (Å²) in [7, 11) is 0. The number of carbonyl (C=O) groups excluding carboxylic acids is 2. The Balaban J connectivity index is 1.98. The van der Waals surface area contributed by atoms with Crippen LogP contribution in [0, 0.1) is 11.3 Å². The first-order valence-electron chi connectivity index (χ1n) is 7.50. The average Bonchev–Trinajstić information content (AvgIpc) is 2.35. The van der Waals surface area contributed by atoms with Crippen molar-refractivity contribution in [1.82, 2.24) is 4.90 Å². The van der Waals surface area contributed by atoms with Gasteiger partial charge in [-0.3, -0.25) is 14.5 Å². The molecule has 1 aliphatic carbocycles. The number of amides is 2. The van der Waals surface area contributed by atoms with Crippen LogP contribution in [0.2, 0.25) is 0 Å². The summed E-state index contributed by atoms with van der Waals surface area (Å²) in [6.07, 6.45) is 7.34. The summed E-state index contributed by atoms with van der Waals surface area (Å²) < 4.78 is 0. The molecular weight excluding hydrogens is 242 g/mol. The van der Waals surface area contributed by atoms with Crippen LogP contribution in [0.4, 0.5) is 0 Å². The van der Waals surface area contributed by atoms with E-state index in [0.717, 1.165) is 25.7 Å². The Morgan fingerprint density at radius 2 is 1.74 bits per heavy atom. The quantitative estimate of drug-likeness (QED) is 0.794. The third-order valence-electron chi connectivity index (χ3n) is 4.68. The molecule has 0 radical (unpaired) electrons. The highest BCUT2D eigenvalue weighted by Gasteiger charge is 2.43. The van der Waals surface area contributed by atoms with Crippen molar-refractivity contribution in [2.24, 2.45) is 11.3 Å². The van der Waals surface area contributed by atoms with Gasteiger partial charge in [0.2, 0.25) is 11.8 Å². The normalized spacial score (nSPS) is 24.8. The SMILES string of the molecule is CC(CCO)CN1C(=O)CC2(CCCCC2)CC1=O. The van der Waals surface area contributed by atoms with Crippen LogP contribution in [0.1, 0.15) is 58.3 Å². The predicted molar refractivity (Wildman–Crippen MR) is 72.3 cm³/mol. The summed E-state index contributed by atoms with van der Waals surface area (Å²) in [4.78, 5) is 26.0. The minimum atomic E-state index is -0.0247. The monoisotopic (exact) mass is 267 g/mol. The Morgan fingerprint density at radius 1 is 1.16 bits per heavy atom. The molecule has 1 N–H and O–H groups in total. The van der Waals surface area contributed by atoms with E-state index >= 15 is 0 Å². The Kier molecular flexibility index (Phi) is 4.61. The van der Waals surface area contributed by atoms with Gasteiger partial charge in [-0.05, 0) is 30.6 Å². The Morgan fingerprint density at radius 3 is 2.26 bits per heavy atom. The number of aliphatic hydroxyl groups is 1. The molecule has 2 amide bonds. The number of hydrogen-bond donors (Lipinski definition) is 1. The highest BCUT2D eigenvalue weighted by molar-refractivity contribution is 5.98. The fourth-order valence-corrected chi connectivity index (χ4v) is 3.52. The molecule has 1 spiro atoms. The van der Waals surface area contributed by atoms with E-state index in [1.54, 1.807) is 0 Å². The first kappa shape index (κ1) is 14.5. The molecule has 108 valence electrons. The lowest BCUT2D eigenvalue weighted by atomic mass is 9.67. The molecule has 4 nitrogen and oxygen atoms in total. The van der Waals surface area contributed by atoms with Crippen molar-refractivity contribution in [1.29, 1.82) is 0 Å². The molecule has 0 aromatic rings. The number of piperidine rings is 1. The van der Waals surface area contributed by atoms with E-state index in [4.69, 9.17) is 5.11 Å². The lowest BCUT2D eigenvalue weighted by Crippen LogP contribution is -2.49. The van der Waals surface area contributed by atoms with Gasteiger partial charge in [0.1, 0.15) is 0 Å². The molecule has 2 aliphatic rings. The number of rotatable bonds is 4. The van der Waals surface area contributed by atoms with Crippen molar-refractivity contribution in [2.45, 2.75) is 58.3 Å². The lowest BCUT2D eigenvalue weighted by Gasteiger charge is -2.42. The Hall–Kier alpha value is -0.900. The molecule has 1 saturated carbocycles. The van der Waals surface area contributed by atoms with Crippen LogP contribution in [-0.2, 0) is 9.59 Å². The van der Waals surface area contributed by atoms with Gasteiger partial charge < -0.3 is 5.11 Å². The molecule has 1 aliphatic heterocycles.